The molecule has 2 atom stereocenters. The van der Waals surface area contributed by atoms with E-state index in [9.17, 15) is 9.90 Å². The van der Waals surface area contributed by atoms with Gasteiger partial charge >= 0.3 is 5.97 Å². The second kappa shape index (κ2) is 6.54. The Morgan fingerprint density at radius 3 is 3.00 bits per heavy atom. The number of aliphatic hydroxyl groups is 1. The van der Waals surface area contributed by atoms with Crippen LogP contribution in [0.2, 0.25) is 0 Å². The van der Waals surface area contributed by atoms with Gasteiger partial charge in [-0.1, -0.05) is 18.2 Å². The maximum absolute atomic E-state index is 11.6. The molecule has 0 aromatic heterocycles. The van der Waals surface area contributed by atoms with Crippen LogP contribution < -0.4 is 4.74 Å². The number of hydrogen-bond donors (Lipinski definition) is 1. The van der Waals surface area contributed by atoms with E-state index in [2.05, 4.69) is 0 Å². The lowest BCUT2D eigenvalue weighted by Gasteiger charge is -2.18. The molecule has 1 fully saturated rings. The van der Waals surface area contributed by atoms with Crippen LogP contribution >= 0.6 is 0 Å². The summed E-state index contributed by atoms with van der Waals surface area (Å²) in [6.07, 6.45) is -0.543. The minimum Gasteiger partial charge on any atom is -0.488 e. The first-order chi connectivity index (χ1) is 9.22. The van der Waals surface area contributed by atoms with Gasteiger partial charge in [0.15, 0.2) is 6.10 Å². The highest BCUT2D eigenvalue weighted by atomic mass is 16.6. The highest BCUT2D eigenvalue weighted by Crippen LogP contribution is 2.28. The highest BCUT2D eigenvalue weighted by molar-refractivity contribution is 5.77. The molecule has 0 saturated carbocycles. The van der Waals surface area contributed by atoms with Gasteiger partial charge in [-0.3, -0.25) is 0 Å². The number of hydrogen-bond acceptors (Lipinski definition) is 5. The van der Waals surface area contributed by atoms with Crippen molar-refractivity contribution >= 4 is 5.97 Å². The molecule has 1 aliphatic heterocycles. The predicted octanol–water partition coefficient (Wildman–Crippen LogP) is 1.45. The van der Waals surface area contributed by atoms with Gasteiger partial charge in [0.2, 0.25) is 0 Å². The molecule has 104 valence electrons. The van der Waals surface area contributed by atoms with Crippen molar-refractivity contribution in [3.8, 4) is 5.75 Å². The van der Waals surface area contributed by atoms with E-state index in [0.717, 1.165) is 6.42 Å². The monoisotopic (exact) mass is 266 g/mol. The van der Waals surface area contributed by atoms with Crippen LogP contribution in [0.1, 0.15) is 25.0 Å². The van der Waals surface area contributed by atoms with Crippen molar-refractivity contribution in [3.63, 3.8) is 0 Å². The zero-order valence-corrected chi connectivity index (χ0v) is 10.9. The van der Waals surface area contributed by atoms with Crippen molar-refractivity contribution < 1.29 is 24.1 Å². The number of aliphatic hydroxyl groups excluding tert-OH is 1. The minimum atomic E-state index is -1.32. The summed E-state index contributed by atoms with van der Waals surface area (Å²) in [7, 11) is 0. The van der Waals surface area contributed by atoms with Crippen LogP contribution in [0, 0.1) is 0 Å². The Balaban J connectivity index is 2.12. The number of carbonyl (C=O) groups excluding carboxylic acids is 1. The lowest BCUT2D eigenvalue weighted by molar-refractivity contribution is -0.153. The third-order valence-electron chi connectivity index (χ3n) is 2.90. The number of rotatable bonds is 5. The minimum absolute atomic E-state index is 0.0319. The van der Waals surface area contributed by atoms with Crippen molar-refractivity contribution in [3.05, 3.63) is 29.8 Å². The van der Waals surface area contributed by atoms with Gasteiger partial charge in [-0.15, -0.1) is 0 Å². The standard InChI is InChI=1S/C14H18O5/c1-2-18-14(16)13(15)11-5-3-4-6-12(11)19-10-7-8-17-9-10/h3-6,10,13,15H,2,7-9H2,1H3. The van der Waals surface area contributed by atoms with Crippen LogP contribution in [-0.4, -0.2) is 37.0 Å². The molecule has 0 amide bonds. The smallest absolute Gasteiger partial charge is 0.339 e. The van der Waals surface area contributed by atoms with Crippen molar-refractivity contribution in [1.82, 2.24) is 0 Å². The second-order valence-electron chi connectivity index (χ2n) is 4.30. The van der Waals surface area contributed by atoms with Crippen LogP contribution in [0.25, 0.3) is 0 Å². The topological polar surface area (TPSA) is 65.0 Å². The SMILES string of the molecule is CCOC(=O)C(O)c1ccccc1OC1CCOC1. The molecule has 0 radical (unpaired) electrons. The first-order valence-electron chi connectivity index (χ1n) is 6.40. The molecule has 1 N–H and O–H groups in total. The van der Waals surface area contributed by atoms with Crippen molar-refractivity contribution in [2.45, 2.75) is 25.6 Å². The molecular formula is C14H18O5. The molecule has 5 nitrogen and oxygen atoms in total. The molecule has 1 aromatic carbocycles. The van der Waals surface area contributed by atoms with Crippen LogP contribution in [0.15, 0.2) is 24.3 Å². The Morgan fingerprint density at radius 2 is 2.32 bits per heavy atom. The maximum atomic E-state index is 11.6. The fourth-order valence-corrected chi connectivity index (χ4v) is 1.95. The molecule has 2 unspecified atom stereocenters. The lowest BCUT2D eigenvalue weighted by Crippen LogP contribution is -2.20. The van der Waals surface area contributed by atoms with Crippen LogP contribution in [0.3, 0.4) is 0 Å². The van der Waals surface area contributed by atoms with Gasteiger partial charge in [0.1, 0.15) is 11.9 Å². The molecule has 1 aliphatic rings. The van der Waals surface area contributed by atoms with Crippen LogP contribution in [0.4, 0.5) is 0 Å². The number of carbonyl (C=O) groups is 1. The highest BCUT2D eigenvalue weighted by Gasteiger charge is 2.24. The van der Waals surface area contributed by atoms with Gasteiger partial charge in [0.05, 0.1) is 19.8 Å². The van der Waals surface area contributed by atoms with Gasteiger partial charge in [0.25, 0.3) is 0 Å². The molecular weight excluding hydrogens is 248 g/mol. The molecule has 5 heteroatoms. The number of para-hydroxylation sites is 1. The summed E-state index contributed by atoms with van der Waals surface area (Å²) in [6.45, 7) is 3.13. The predicted molar refractivity (Wildman–Crippen MR) is 67.9 cm³/mol. The summed E-state index contributed by atoms with van der Waals surface area (Å²) in [5.74, 6) is -0.167. The number of esters is 1. The van der Waals surface area contributed by atoms with E-state index in [4.69, 9.17) is 14.2 Å². The van der Waals surface area contributed by atoms with E-state index in [1.165, 1.54) is 0 Å². The van der Waals surface area contributed by atoms with Crippen LogP contribution in [-0.2, 0) is 14.3 Å². The van der Waals surface area contributed by atoms with Gasteiger partial charge in [-0.05, 0) is 13.0 Å². The summed E-state index contributed by atoms with van der Waals surface area (Å²) in [5.41, 5.74) is 0.424. The fraction of sp³-hybridized carbons (Fsp3) is 0.500. The summed E-state index contributed by atoms with van der Waals surface area (Å²) >= 11 is 0. The zero-order valence-electron chi connectivity index (χ0n) is 10.9. The first-order valence-corrected chi connectivity index (χ1v) is 6.40. The Kier molecular flexibility index (Phi) is 4.76. The van der Waals surface area contributed by atoms with Crippen LogP contribution in [0.5, 0.6) is 5.75 Å². The molecule has 1 saturated heterocycles. The first kappa shape index (κ1) is 13.8. The molecule has 2 rings (SSSR count). The van der Waals surface area contributed by atoms with Crippen molar-refractivity contribution in [1.29, 1.82) is 0 Å². The normalized spacial score (nSPS) is 20.0. The molecule has 1 aromatic rings. The van der Waals surface area contributed by atoms with Gasteiger partial charge < -0.3 is 19.3 Å². The summed E-state index contributed by atoms with van der Waals surface area (Å²) in [6, 6.07) is 6.94. The Bertz CT molecular complexity index is 426. The van der Waals surface area contributed by atoms with Gasteiger partial charge in [-0.25, -0.2) is 4.79 Å². The van der Waals surface area contributed by atoms with E-state index >= 15 is 0 Å². The summed E-state index contributed by atoms with van der Waals surface area (Å²) in [5, 5.41) is 9.99. The largest absolute Gasteiger partial charge is 0.488 e. The third kappa shape index (κ3) is 3.45. The van der Waals surface area contributed by atoms with Gasteiger partial charge in [0, 0.05) is 12.0 Å². The Labute approximate surface area is 112 Å². The molecule has 0 spiro atoms. The molecule has 1 heterocycles. The quantitative estimate of drug-likeness (QED) is 0.817. The second-order valence-corrected chi connectivity index (χ2v) is 4.30. The van der Waals surface area contributed by atoms with Crippen molar-refractivity contribution in [2.24, 2.45) is 0 Å². The van der Waals surface area contributed by atoms with E-state index < -0.39 is 12.1 Å². The average molecular weight is 266 g/mol. The fourth-order valence-electron chi connectivity index (χ4n) is 1.95. The number of ether oxygens (including phenoxy) is 3. The van der Waals surface area contributed by atoms with Gasteiger partial charge in [-0.2, -0.15) is 0 Å². The number of benzene rings is 1. The molecule has 0 aliphatic carbocycles. The van der Waals surface area contributed by atoms with Crippen molar-refractivity contribution in [2.75, 3.05) is 19.8 Å². The Hall–Kier alpha value is -1.59. The summed E-state index contributed by atoms with van der Waals surface area (Å²) in [4.78, 5) is 11.6. The van der Waals surface area contributed by atoms with E-state index in [-0.39, 0.29) is 12.7 Å². The molecule has 0 bridgehead atoms. The Morgan fingerprint density at radius 1 is 1.53 bits per heavy atom. The molecule has 19 heavy (non-hydrogen) atoms. The zero-order chi connectivity index (χ0) is 13.7. The third-order valence-corrected chi connectivity index (χ3v) is 2.90. The summed E-state index contributed by atoms with van der Waals surface area (Å²) < 4.78 is 15.8. The lowest BCUT2D eigenvalue weighted by atomic mass is 10.1. The maximum Gasteiger partial charge on any atom is 0.339 e. The van der Waals surface area contributed by atoms with E-state index in [1.54, 1.807) is 31.2 Å². The average Bonchev–Trinajstić information content (AvgIpc) is 2.92. The van der Waals surface area contributed by atoms with E-state index in [1.807, 2.05) is 0 Å². The van der Waals surface area contributed by atoms with E-state index in [0.29, 0.717) is 24.5 Å².